The zero-order valence-corrected chi connectivity index (χ0v) is 29.5. The molecule has 4 rings (SSSR count). The van der Waals surface area contributed by atoms with Crippen LogP contribution >= 0.6 is 0 Å². The second kappa shape index (κ2) is 20.4. The summed E-state index contributed by atoms with van der Waals surface area (Å²) in [5.41, 5.74) is 2.63. The number of benzene rings is 3. The molecule has 0 aliphatic heterocycles. The standard InChI is InChI=1S/C41H45FO10/c1-4-20-49-38(44)25-28(3)40(45)51-24-9-7-6-8-21-47-30-13-15-31(16-14-30)52-41(46)29-12-18-33-34-19-17-32(27-36(34)39(42)35(33)26-29)48-22-10-11-23-50-37(43)5-2/h5,12-19,26-27,39H,2-4,6-11,20-25H2,1H3. The van der Waals surface area contributed by atoms with E-state index in [2.05, 4.69) is 13.2 Å². The quantitative estimate of drug-likeness (QED) is 0.0330. The van der Waals surface area contributed by atoms with Crippen molar-refractivity contribution in [2.75, 3.05) is 33.0 Å². The highest BCUT2D eigenvalue weighted by atomic mass is 19.1. The molecule has 0 fully saturated rings. The molecule has 1 unspecified atom stereocenters. The molecule has 0 saturated carbocycles. The Morgan fingerprint density at radius 3 is 1.98 bits per heavy atom. The third-order valence-corrected chi connectivity index (χ3v) is 8.05. The minimum absolute atomic E-state index is 0.0814. The number of hydrogen-bond acceptors (Lipinski definition) is 10. The average molecular weight is 717 g/mol. The van der Waals surface area contributed by atoms with Crippen LogP contribution in [0, 0.1) is 0 Å². The maximum atomic E-state index is 15.6. The van der Waals surface area contributed by atoms with E-state index in [1.165, 1.54) is 6.07 Å². The molecule has 3 aromatic carbocycles. The summed E-state index contributed by atoms with van der Waals surface area (Å²) in [5, 5.41) is 0. The van der Waals surface area contributed by atoms with E-state index in [-0.39, 0.29) is 30.8 Å². The third-order valence-electron chi connectivity index (χ3n) is 8.05. The molecule has 0 aromatic heterocycles. The van der Waals surface area contributed by atoms with Gasteiger partial charge in [-0.15, -0.1) is 0 Å². The SMILES string of the molecule is C=CC(=O)OCCCCOc1ccc2c(c1)C(F)c1cc(C(=O)Oc3ccc(OCCCCCCOC(=O)C(=C)CC(=O)OCCC)cc3)ccc1-2. The van der Waals surface area contributed by atoms with Crippen molar-refractivity contribution in [2.24, 2.45) is 0 Å². The Morgan fingerprint density at radius 1 is 0.692 bits per heavy atom. The topological polar surface area (TPSA) is 124 Å². The maximum Gasteiger partial charge on any atom is 0.343 e. The molecule has 0 N–H and O–H groups in total. The number of carbonyl (C=O) groups is 4. The minimum Gasteiger partial charge on any atom is -0.494 e. The summed E-state index contributed by atoms with van der Waals surface area (Å²) in [7, 11) is 0. The van der Waals surface area contributed by atoms with Crippen LogP contribution < -0.4 is 14.2 Å². The molecule has 0 bridgehead atoms. The number of ether oxygens (including phenoxy) is 6. The molecule has 11 heteroatoms. The largest absolute Gasteiger partial charge is 0.494 e. The van der Waals surface area contributed by atoms with Gasteiger partial charge in [0, 0.05) is 17.2 Å². The van der Waals surface area contributed by atoms with Crippen molar-refractivity contribution in [2.45, 2.75) is 64.5 Å². The van der Waals surface area contributed by atoms with Crippen molar-refractivity contribution < 1.29 is 52.0 Å². The molecule has 1 atom stereocenters. The smallest absolute Gasteiger partial charge is 0.343 e. The number of rotatable bonds is 22. The van der Waals surface area contributed by atoms with E-state index in [0.29, 0.717) is 79.4 Å². The predicted molar refractivity (Wildman–Crippen MR) is 192 cm³/mol. The highest BCUT2D eigenvalue weighted by Crippen LogP contribution is 2.47. The molecule has 52 heavy (non-hydrogen) atoms. The van der Waals surface area contributed by atoms with Crippen molar-refractivity contribution >= 4 is 23.9 Å². The van der Waals surface area contributed by atoms with Crippen LogP contribution in [0.4, 0.5) is 4.39 Å². The molecule has 0 amide bonds. The Morgan fingerprint density at radius 2 is 1.27 bits per heavy atom. The van der Waals surface area contributed by atoms with Gasteiger partial charge in [-0.2, -0.15) is 0 Å². The molecular weight excluding hydrogens is 671 g/mol. The van der Waals surface area contributed by atoms with Crippen LogP contribution in [0.2, 0.25) is 0 Å². The summed E-state index contributed by atoms with van der Waals surface area (Å²) in [6, 6.07) is 16.8. The van der Waals surface area contributed by atoms with Crippen molar-refractivity contribution in [3.63, 3.8) is 0 Å². The Bertz CT molecular complexity index is 1710. The lowest BCUT2D eigenvalue weighted by Crippen LogP contribution is -2.13. The number of hydrogen-bond donors (Lipinski definition) is 0. The summed E-state index contributed by atoms with van der Waals surface area (Å²) in [6.07, 6.45) is 4.70. The fraction of sp³-hybridized carbons (Fsp3) is 0.366. The molecule has 1 aliphatic carbocycles. The summed E-state index contributed by atoms with van der Waals surface area (Å²) >= 11 is 0. The first kappa shape index (κ1) is 39.3. The van der Waals surface area contributed by atoms with Gasteiger partial charge >= 0.3 is 23.9 Å². The van der Waals surface area contributed by atoms with Crippen LogP contribution in [0.15, 0.2) is 85.5 Å². The van der Waals surface area contributed by atoms with Gasteiger partial charge in [0.25, 0.3) is 0 Å². The molecule has 0 heterocycles. The molecule has 0 spiro atoms. The summed E-state index contributed by atoms with van der Waals surface area (Å²) in [6.45, 7) is 10.5. The van der Waals surface area contributed by atoms with Crippen molar-refractivity contribution in [1.29, 1.82) is 0 Å². The zero-order chi connectivity index (χ0) is 37.3. The zero-order valence-electron chi connectivity index (χ0n) is 29.5. The first-order chi connectivity index (χ1) is 25.2. The van der Waals surface area contributed by atoms with Crippen LogP contribution in [0.1, 0.15) is 85.9 Å². The Balaban J connectivity index is 1.14. The lowest BCUT2D eigenvalue weighted by molar-refractivity contribution is -0.146. The van der Waals surface area contributed by atoms with Crippen molar-refractivity contribution in [3.05, 3.63) is 102 Å². The highest BCUT2D eigenvalue weighted by molar-refractivity contribution is 5.94. The number of alkyl halides is 1. The number of unbranched alkanes of at least 4 members (excludes halogenated alkanes) is 4. The van der Waals surface area contributed by atoms with Crippen LogP contribution in [-0.4, -0.2) is 56.9 Å². The van der Waals surface area contributed by atoms with Crippen LogP contribution in [-0.2, 0) is 28.6 Å². The van der Waals surface area contributed by atoms with Gasteiger partial charge in [0.2, 0.25) is 0 Å². The second-order valence-corrected chi connectivity index (χ2v) is 12.1. The fourth-order valence-electron chi connectivity index (χ4n) is 5.32. The number of fused-ring (bicyclic) bond motifs is 3. The van der Waals surface area contributed by atoms with Crippen LogP contribution in [0.3, 0.4) is 0 Å². The Kier molecular flexibility index (Phi) is 15.4. The first-order valence-electron chi connectivity index (χ1n) is 17.5. The number of halogens is 1. The van der Waals surface area contributed by atoms with E-state index in [4.69, 9.17) is 28.4 Å². The molecule has 1 aliphatic rings. The maximum absolute atomic E-state index is 15.6. The average Bonchev–Trinajstić information content (AvgIpc) is 3.43. The third kappa shape index (κ3) is 11.8. The molecule has 3 aromatic rings. The number of carbonyl (C=O) groups excluding carboxylic acids is 4. The number of esters is 4. The van der Waals surface area contributed by atoms with Gasteiger partial charge in [0.1, 0.15) is 17.2 Å². The van der Waals surface area contributed by atoms with E-state index in [0.717, 1.165) is 30.9 Å². The van der Waals surface area contributed by atoms with E-state index in [1.807, 2.05) is 13.0 Å². The molecule has 0 saturated heterocycles. The molecule has 276 valence electrons. The van der Waals surface area contributed by atoms with E-state index < -0.39 is 30.0 Å². The Labute approximate surface area is 303 Å². The summed E-state index contributed by atoms with van der Waals surface area (Å²) < 4.78 is 47.8. The van der Waals surface area contributed by atoms with Gasteiger partial charge in [-0.1, -0.05) is 32.2 Å². The molecular formula is C41H45FO10. The van der Waals surface area contributed by atoms with Gasteiger partial charge in [0.15, 0.2) is 6.17 Å². The fourth-order valence-corrected chi connectivity index (χ4v) is 5.32. The van der Waals surface area contributed by atoms with Crippen molar-refractivity contribution in [3.8, 4) is 28.4 Å². The van der Waals surface area contributed by atoms with Crippen molar-refractivity contribution in [1.82, 2.24) is 0 Å². The lowest BCUT2D eigenvalue weighted by atomic mass is 10.0. The van der Waals surface area contributed by atoms with E-state index in [1.54, 1.807) is 48.5 Å². The van der Waals surface area contributed by atoms with Gasteiger partial charge < -0.3 is 28.4 Å². The molecule has 10 nitrogen and oxygen atoms in total. The normalized spacial score (nSPS) is 12.5. The van der Waals surface area contributed by atoms with Crippen LogP contribution in [0.5, 0.6) is 17.2 Å². The van der Waals surface area contributed by atoms with E-state index >= 15 is 4.39 Å². The predicted octanol–water partition coefficient (Wildman–Crippen LogP) is 8.22. The van der Waals surface area contributed by atoms with Gasteiger partial charge in [0.05, 0.1) is 45.0 Å². The Hall–Kier alpha value is -5.45. The van der Waals surface area contributed by atoms with Gasteiger partial charge in [-0.05, 0) is 110 Å². The summed E-state index contributed by atoms with van der Waals surface area (Å²) in [4.78, 5) is 47.6. The molecule has 0 radical (unpaired) electrons. The lowest BCUT2D eigenvalue weighted by Gasteiger charge is -2.09. The summed E-state index contributed by atoms with van der Waals surface area (Å²) in [5.74, 6) is -0.658. The monoisotopic (exact) mass is 716 g/mol. The van der Waals surface area contributed by atoms with Gasteiger partial charge in [-0.3, -0.25) is 4.79 Å². The van der Waals surface area contributed by atoms with E-state index in [9.17, 15) is 19.2 Å². The highest BCUT2D eigenvalue weighted by Gasteiger charge is 2.30. The van der Waals surface area contributed by atoms with Gasteiger partial charge in [-0.25, -0.2) is 18.8 Å². The first-order valence-corrected chi connectivity index (χ1v) is 17.5. The second-order valence-electron chi connectivity index (χ2n) is 12.1. The minimum atomic E-state index is -1.42. The van der Waals surface area contributed by atoms with Crippen LogP contribution in [0.25, 0.3) is 11.1 Å².